The average molecular weight is 666 g/mol. The Morgan fingerprint density at radius 1 is 0.952 bits per heavy atom. The summed E-state index contributed by atoms with van der Waals surface area (Å²) < 4.78 is 7.19. The molecule has 1 spiro atoms. The van der Waals surface area contributed by atoms with Crippen LogP contribution in [0.1, 0.15) is 47.1 Å². The van der Waals surface area contributed by atoms with Gasteiger partial charge in [0.2, 0.25) is 11.8 Å². The van der Waals surface area contributed by atoms with E-state index in [9.17, 15) is 9.59 Å². The second-order valence-corrected chi connectivity index (χ2v) is 12.4. The molecule has 1 unspecified atom stereocenters. The summed E-state index contributed by atoms with van der Waals surface area (Å²) in [6.45, 7) is 0.133. The number of benzene rings is 4. The Hall–Kier alpha value is -3.36. The molecule has 214 valence electrons. The molecule has 3 N–H and O–H groups in total. The van der Waals surface area contributed by atoms with Crippen LogP contribution in [0.25, 0.3) is 0 Å². The lowest BCUT2D eigenvalue weighted by atomic mass is 9.59. The number of hydrogen-bond acceptors (Lipinski definition) is 4. The molecule has 1 saturated heterocycles. The quantitative estimate of drug-likeness (QED) is 0.189. The van der Waals surface area contributed by atoms with Crippen LogP contribution in [-0.2, 0) is 21.4 Å². The summed E-state index contributed by atoms with van der Waals surface area (Å²) in [6.07, 6.45) is 1.54. The first kappa shape index (κ1) is 28.7. The third-order valence-electron chi connectivity index (χ3n) is 8.06. The van der Waals surface area contributed by atoms with Gasteiger partial charge in [0.05, 0.1) is 6.04 Å². The second kappa shape index (κ2) is 11.7. The van der Waals surface area contributed by atoms with E-state index in [0.29, 0.717) is 39.2 Å². The van der Waals surface area contributed by atoms with Crippen LogP contribution in [0.3, 0.4) is 0 Å². The maximum Gasteiger partial charge on any atom is 0.238 e. The fourth-order valence-corrected chi connectivity index (χ4v) is 6.99. The summed E-state index contributed by atoms with van der Waals surface area (Å²) in [5.41, 5.74) is 2.64. The van der Waals surface area contributed by atoms with Gasteiger partial charge in [0.1, 0.15) is 16.9 Å². The van der Waals surface area contributed by atoms with E-state index in [1.807, 2.05) is 66.7 Å². The predicted molar refractivity (Wildman–Crippen MR) is 168 cm³/mol. The van der Waals surface area contributed by atoms with Crippen LogP contribution in [0.4, 0.5) is 5.69 Å². The average Bonchev–Trinajstić information content (AvgIpc) is 3.25. The van der Waals surface area contributed by atoms with Gasteiger partial charge in [0.25, 0.3) is 0 Å². The molecule has 9 heteroatoms. The molecule has 2 amide bonds. The fraction of sp³-hybridized carbons (Fsp3) is 0.212. The van der Waals surface area contributed by atoms with Crippen molar-refractivity contribution in [3.63, 3.8) is 0 Å². The van der Waals surface area contributed by atoms with E-state index in [-0.39, 0.29) is 24.8 Å². The van der Waals surface area contributed by atoms with Gasteiger partial charge < -0.3 is 20.5 Å². The van der Waals surface area contributed by atoms with Crippen LogP contribution in [0.2, 0.25) is 10.0 Å². The van der Waals surface area contributed by atoms with Crippen molar-refractivity contribution in [1.82, 2.24) is 5.32 Å². The number of halogens is 3. The number of aliphatic hydroxyl groups is 1. The number of fused-ring (bicyclic) bond motifs is 2. The van der Waals surface area contributed by atoms with Crippen LogP contribution in [-0.4, -0.2) is 23.5 Å². The van der Waals surface area contributed by atoms with Crippen LogP contribution in [0.15, 0.2) is 89.4 Å². The summed E-state index contributed by atoms with van der Waals surface area (Å²) in [6, 6.07) is 25.2. The molecule has 0 bridgehead atoms. The normalized spacial score (nSPS) is 21.1. The molecule has 0 aliphatic carbocycles. The van der Waals surface area contributed by atoms with Crippen molar-refractivity contribution < 1.29 is 19.4 Å². The number of piperidine rings is 1. The Balaban J connectivity index is 1.52. The fourth-order valence-electron chi connectivity index (χ4n) is 6.24. The molecule has 6 rings (SSSR count). The number of ether oxygens (including phenoxy) is 1. The SMILES string of the molecule is O=C1C[C@@H](c2cccc(Cl)c2)C2(C(=O)Nc3cc(Cl)ccc32)[C@@H](c2cc(Br)ccc2Oc2ccc(CCCO)cc2)N1. The van der Waals surface area contributed by atoms with E-state index in [1.54, 1.807) is 18.2 Å². The van der Waals surface area contributed by atoms with Gasteiger partial charge in [-0.25, -0.2) is 0 Å². The molecule has 2 heterocycles. The number of carbonyl (C=O) groups is 2. The van der Waals surface area contributed by atoms with E-state index in [2.05, 4.69) is 26.6 Å². The minimum absolute atomic E-state index is 0.0891. The first-order chi connectivity index (χ1) is 20.3. The third-order valence-corrected chi connectivity index (χ3v) is 9.02. The summed E-state index contributed by atoms with van der Waals surface area (Å²) in [5, 5.41) is 16.4. The number of amides is 2. The van der Waals surface area contributed by atoms with Gasteiger partial charge in [-0.05, 0) is 84.1 Å². The second-order valence-electron chi connectivity index (χ2n) is 10.6. The van der Waals surface area contributed by atoms with Crippen LogP contribution in [0.5, 0.6) is 11.5 Å². The zero-order valence-corrected chi connectivity index (χ0v) is 25.5. The maximum atomic E-state index is 14.3. The number of anilines is 1. The summed E-state index contributed by atoms with van der Waals surface area (Å²) >= 11 is 16.4. The van der Waals surface area contributed by atoms with Gasteiger partial charge in [-0.1, -0.05) is 69.5 Å². The zero-order chi connectivity index (χ0) is 29.4. The third kappa shape index (κ3) is 5.20. The number of carbonyl (C=O) groups excluding carboxylic acids is 2. The maximum absolute atomic E-state index is 14.3. The lowest BCUT2D eigenvalue weighted by molar-refractivity contribution is -0.131. The summed E-state index contributed by atoms with van der Waals surface area (Å²) in [4.78, 5) is 27.8. The van der Waals surface area contributed by atoms with Gasteiger partial charge >= 0.3 is 0 Å². The highest BCUT2D eigenvalue weighted by atomic mass is 79.9. The highest BCUT2D eigenvalue weighted by Crippen LogP contribution is 2.58. The highest BCUT2D eigenvalue weighted by molar-refractivity contribution is 9.10. The molecule has 4 aromatic rings. The molecule has 0 radical (unpaired) electrons. The molecule has 42 heavy (non-hydrogen) atoms. The van der Waals surface area contributed by atoms with Crippen molar-refractivity contribution in [3.05, 3.63) is 122 Å². The number of hydrogen-bond donors (Lipinski definition) is 3. The molecule has 1 fully saturated rings. The van der Waals surface area contributed by atoms with E-state index in [1.165, 1.54) is 0 Å². The molecule has 0 saturated carbocycles. The molecule has 3 atom stereocenters. The molecule has 4 aromatic carbocycles. The van der Waals surface area contributed by atoms with Gasteiger partial charge in [0, 0.05) is 44.7 Å². The van der Waals surface area contributed by atoms with Crippen molar-refractivity contribution in [2.45, 2.75) is 36.6 Å². The monoisotopic (exact) mass is 664 g/mol. The first-order valence-electron chi connectivity index (χ1n) is 13.6. The molecule has 2 aliphatic heterocycles. The zero-order valence-electron chi connectivity index (χ0n) is 22.4. The Kier molecular flexibility index (Phi) is 8.03. The minimum atomic E-state index is -1.23. The van der Waals surface area contributed by atoms with Crippen molar-refractivity contribution in [2.75, 3.05) is 11.9 Å². The van der Waals surface area contributed by atoms with Crippen molar-refractivity contribution in [1.29, 1.82) is 0 Å². The highest BCUT2D eigenvalue weighted by Gasteiger charge is 2.61. The van der Waals surface area contributed by atoms with Crippen molar-refractivity contribution in [3.8, 4) is 11.5 Å². The number of aryl methyl sites for hydroxylation is 1. The number of nitrogens with one attached hydrogen (secondary N) is 2. The van der Waals surface area contributed by atoms with Crippen LogP contribution in [0, 0.1) is 0 Å². The Morgan fingerprint density at radius 2 is 1.74 bits per heavy atom. The first-order valence-corrected chi connectivity index (χ1v) is 15.2. The molecular weight excluding hydrogens is 639 g/mol. The van der Waals surface area contributed by atoms with Gasteiger partial charge in [-0.3, -0.25) is 9.59 Å². The smallest absolute Gasteiger partial charge is 0.238 e. The van der Waals surface area contributed by atoms with E-state index >= 15 is 0 Å². The largest absolute Gasteiger partial charge is 0.457 e. The van der Waals surface area contributed by atoms with E-state index in [4.69, 9.17) is 33.0 Å². The lowest BCUT2D eigenvalue weighted by Crippen LogP contribution is -2.56. The Morgan fingerprint density at radius 3 is 2.50 bits per heavy atom. The minimum Gasteiger partial charge on any atom is -0.457 e. The molecule has 0 aromatic heterocycles. The van der Waals surface area contributed by atoms with E-state index < -0.39 is 17.4 Å². The van der Waals surface area contributed by atoms with Gasteiger partial charge in [0.15, 0.2) is 0 Å². The molecule has 2 aliphatic rings. The number of aliphatic hydroxyl groups excluding tert-OH is 1. The Bertz CT molecular complexity index is 1680. The Labute approximate surface area is 262 Å². The molecule has 6 nitrogen and oxygen atoms in total. The number of rotatable bonds is 7. The summed E-state index contributed by atoms with van der Waals surface area (Å²) in [7, 11) is 0. The van der Waals surface area contributed by atoms with Crippen molar-refractivity contribution >= 4 is 56.6 Å². The van der Waals surface area contributed by atoms with E-state index in [0.717, 1.165) is 27.6 Å². The van der Waals surface area contributed by atoms with Gasteiger partial charge in [-0.2, -0.15) is 0 Å². The standard InChI is InChI=1S/C33H27BrCl2N2O4/c34-21-8-13-29(42-24-10-6-19(7-11-24)3-2-14-39)25(16-21)31-33(26-12-9-23(36)17-28(26)37-32(33)41)27(18-30(40)38-31)20-4-1-5-22(35)15-20/h1,4-13,15-17,27,31,39H,2-3,14,18H2,(H,37,41)(H,38,40)/t27-,31+,33?/m0/s1. The van der Waals surface area contributed by atoms with Gasteiger partial charge in [-0.15, -0.1) is 0 Å². The molecular formula is C33H27BrCl2N2O4. The van der Waals surface area contributed by atoms with Crippen molar-refractivity contribution in [2.24, 2.45) is 0 Å². The summed E-state index contributed by atoms with van der Waals surface area (Å²) in [5.74, 6) is 0.152. The van der Waals surface area contributed by atoms with Crippen LogP contribution >= 0.6 is 39.1 Å². The lowest BCUT2D eigenvalue weighted by Gasteiger charge is -2.46. The topological polar surface area (TPSA) is 87.7 Å². The predicted octanol–water partition coefficient (Wildman–Crippen LogP) is 7.71. The van der Waals surface area contributed by atoms with Crippen LogP contribution < -0.4 is 15.4 Å².